The van der Waals surface area contributed by atoms with Crippen molar-refractivity contribution in [2.75, 3.05) is 39.8 Å². The molecule has 3 N–H and O–H groups in total. The van der Waals surface area contributed by atoms with Gasteiger partial charge in [0.25, 0.3) is 0 Å². The average Bonchev–Trinajstić information content (AvgIpc) is 2.44. The highest BCUT2D eigenvalue weighted by atomic mass is 16.5. The van der Waals surface area contributed by atoms with Crippen LogP contribution in [0.25, 0.3) is 0 Å². The van der Waals surface area contributed by atoms with Crippen LogP contribution in [-0.2, 0) is 4.74 Å². The lowest BCUT2D eigenvalue weighted by Crippen LogP contribution is -2.62. The highest BCUT2D eigenvalue weighted by Gasteiger charge is 2.39. The van der Waals surface area contributed by atoms with Crippen LogP contribution in [0.5, 0.6) is 0 Å². The molecule has 1 fully saturated rings. The van der Waals surface area contributed by atoms with Gasteiger partial charge >= 0.3 is 0 Å². The Balaban J connectivity index is 2.48. The Morgan fingerprint density at radius 3 is 2.61 bits per heavy atom. The van der Waals surface area contributed by atoms with Gasteiger partial charge in [-0.05, 0) is 25.9 Å². The number of hydrogen-bond donors (Lipinski definition) is 2. The molecular weight excluding hydrogens is 226 g/mol. The molecule has 4 heteroatoms. The Labute approximate surface area is 112 Å². The predicted molar refractivity (Wildman–Crippen MR) is 76.8 cm³/mol. The molecule has 1 saturated carbocycles. The molecule has 108 valence electrons. The third-order valence-corrected chi connectivity index (χ3v) is 4.40. The summed E-state index contributed by atoms with van der Waals surface area (Å²) in [4.78, 5) is 2.43. The fourth-order valence-corrected chi connectivity index (χ4v) is 3.06. The number of nitrogens with two attached hydrogens (primary N) is 1. The second-order valence-electron chi connectivity index (χ2n) is 5.28. The summed E-state index contributed by atoms with van der Waals surface area (Å²) in [6.07, 6.45) is 5.06. The first kappa shape index (κ1) is 15.9. The van der Waals surface area contributed by atoms with Crippen LogP contribution in [0.1, 0.15) is 39.5 Å². The molecule has 1 aliphatic carbocycles. The summed E-state index contributed by atoms with van der Waals surface area (Å²) < 4.78 is 5.65. The number of rotatable bonds is 8. The highest BCUT2D eigenvalue weighted by Crippen LogP contribution is 2.29. The van der Waals surface area contributed by atoms with Crippen LogP contribution in [0.3, 0.4) is 0 Å². The van der Waals surface area contributed by atoms with Crippen molar-refractivity contribution in [3.8, 4) is 0 Å². The zero-order chi connectivity index (χ0) is 13.4. The minimum atomic E-state index is 0.000152. The summed E-state index contributed by atoms with van der Waals surface area (Å²) in [5.74, 6) is 0. The van der Waals surface area contributed by atoms with Crippen LogP contribution < -0.4 is 11.1 Å². The molecule has 2 atom stereocenters. The van der Waals surface area contributed by atoms with Gasteiger partial charge in [0.05, 0.1) is 11.6 Å². The lowest BCUT2D eigenvalue weighted by Gasteiger charge is -2.43. The van der Waals surface area contributed by atoms with E-state index in [4.69, 9.17) is 10.5 Å². The number of hydrogen-bond acceptors (Lipinski definition) is 4. The number of methoxy groups -OCH3 is 1. The summed E-state index contributed by atoms with van der Waals surface area (Å²) in [7, 11) is 1.81. The van der Waals surface area contributed by atoms with Crippen molar-refractivity contribution in [1.29, 1.82) is 0 Å². The van der Waals surface area contributed by atoms with Gasteiger partial charge in [-0.25, -0.2) is 0 Å². The highest BCUT2D eigenvalue weighted by molar-refractivity contribution is 4.99. The Morgan fingerprint density at radius 2 is 2.06 bits per heavy atom. The van der Waals surface area contributed by atoms with E-state index >= 15 is 0 Å². The SMILES string of the molecule is CCN(CC)CCNC1(CN)CCCCC1OC. The zero-order valence-corrected chi connectivity index (χ0v) is 12.4. The second-order valence-corrected chi connectivity index (χ2v) is 5.28. The van der Waals surface area contributed by atoms with Gasteiger partial charge < -0.3 is 20.7 Å². The van der Waals surface area contributed by atoms with Gasteiger partial charge in [0.1, 0.15) is 0 Å². The molecule has 0 radical (unpaired) electrons. The van der Waals surface area contributed by atoms with E-state index in [1.807, 2.05) is 7.11 Å². The normalized spacial score (nSPS) is 28.8. The molecule has 4 nitrogen and oxygen atoms in total. The van der Waals surface area contributed by atoms with Crippen LogP contribution in [0, 0.1) is 0 Å². The van der Waals surface area contributed by atoms with E-state index in [2.05, 4.69) is 24.1 Å². The lowest BCUT2D eigenvalue weighted by atomic mass is 9.79. The molecule has 0 aliphatic heterocycles. The first-order valence-corrected chi connectivity index (χ1v) is 7.42. The van der Waals surface area contributed by atoms with Crippen molar-refractivity contribution >= 4 is 0 Å². The number of nitrogens with zero attached hydrogens (tertiary/aromatic N) is 1. The van der Waals surface area contributed by atoms with Crippen LogP contribution in [0.15, 0.2) is 0 Å². The summed E-state index contributed by atoms with van der Waals surface area (Å²) in [5.41, 5.74) is 6.03. The van der Waals surface area contributed by atoms with Crippen molar-refractivity contribution in [2.45, 2.75) is 51.2 Å². The predicted octanol–water partition coefficient (Wildman–Crippen LogP) is 1.20. The summed E-state index contributed by atoms with van der Waals surface area (Å²) >= 11 is 0. The van der Waals surface area contributed by atoms with Crippen LogP contribution >= 0.6 is 0 Å². The van der Waals surface area contributed by atoms with Crippen molar-refractivity contribution in [3.63, 3.8) is 0 Å². The van der Waals surface area contributed by atoms with Crippen molar-refractivity contribution in [1.82, 2.24) is 10.2 Å². The van der Waals surface area contributed by atoms with E-state index in [1.165, 1.54) is 12.8 Å². The Bertz CT molecular complexity index is 221. The molecule has 2 unspecified atom stereocenters. The van der Waals surface area contributed by atoms with Crippen molar-refractivity contribution < 1.29 is 4.74 Å². The van der Waals surface area contributed by atoms with Gasteiger partial charge in [-0.15, -0.1) is 0 Å². The molecule has 0 heterocycles. The zero-order valence-electron chi connectivity index (χ0n) is 12.4. The van der Waals surface area contributed by atoms with Crippen molar-refractivity contribution in [2.24, 2.45) is 5.73 Å². The molecule has 0 aromatic heterocycles. The second kappa shape index (κ2) is 8.10. The summed E-state index contributed by atoms with van der Waals surface area (Å²) in [6.45, 7) is 9.40. The molecule has 0 saturated heterocycles. The maximum atomic E-state index is 6.03. The summed E-state index contributed by atoms with van der Waals surface area (Å²) in [6, 6.07) is 0. The molecule has 0 aromatic carbocycles. The fourth-order valence-electron chi connectivity index (χ4n) is 3.06. The minimum Gasteiger partial charge on any atom is -0.379 e. The van der Waals surface area contributed by atoms with Gasteiger partial charge in [0.2, 0.25) is 0 Å². The smallest absolute Gasteiger partial charge is 0.0765 e. The Morgan fingerprint density at radius 1 is 1.33 bits per heavy atom. The monoisotopic (exact) mass is 257 g/mol. The molecule has 0 aromatic rings. The van der Waals surface area contributed by atoms with E-state index in [0.717, 1.165) is 39.0 Å². The maximum Gasteiger partial charge on any atom is 0.0765 e. The summed E-state index contributed by atoms with van der Waals surface area (Å²) in [5, 5.41) is 3.69. The minimum absolute atomic E-state index is 0.000152. The largest absolute Gasteiger partial charge is 0.379 e. The first-order chi connectivity index (χ1) is 8.72. The fraction of sp³-hybridized carbons (Fsp3) is 1.00. The number of nitrogens with one attached hydrogen (secondary N) is 1. The Kier molecular flexibility index (Phi) is 7.15. The third-order valence-electron chi connectivity index (χ3n) is 4.40. The van der Waals surface area contributed by atoms with Gasteiger partial charge in [0, 0.05) is 26.7 Å². The van der Waals surface area contributed by atoms with E-state index in [1.54, 1.807) is 0 Å². The topological polar surface area (TPSA) is 50.5 Å². The lowest BCUT2D eigenvalue weighted by molar-refractivity contribution is -0.00912. The van der Waals surface area contributed by atoms with Crippen molar-refractivity contribution in [3.05, 3.63) is 0 Å². The molecule has 0 amide bonds. The maximum absolute atomic E-state index is 6.03. The van der Waals surface area contributed by atoms with Gasteiger partial charge in [-0.2, -0.15) is 0 Å². The Hall–Kier alpha value is -0.160. The van der Waals surface area contributed by atoms with E-state index in [0.29, 0.717) is 6.54 Å². The van der Waals surface area contributed by atoms with Gasteiger partial charge in [-0.3, -0.25) is 0 Å². The third kappa shape index (κ3) is 3.92. The standard InChI is InChI=1S/C14H31N3O/c1-4-17(5-2)11-10-16-14(12-15)9-7-6-8-13(14)18-3/h13,16H,4-12,15H2,1-3H3. The van der Waals surface area contributed by atoms with E-state index in [-0.39, 0.29) is 11.6 Å². The average molecular weight is 257 g/mol. The number of likely N-dealkylation sites (N-methyl/N-ethyl adjacent to an activating group) is 1. The van der Waals surface area contributed by atoms with Crippen LogP contribution in [0.4, 0.5) is 0 Å². The quantitative estimate of drug-likeness (QED) is 0.686. The molecular formula is C14H31N3O. The molecule has 1 rings (SSSR count). The molecule has 1 aliphatic rings. The number of ether oxygens (including phenoxy) is 1. The molecule has 0 spiro atoms. The van der Waals surface area contributed by atoms with E-state index in [9.17, 15) is 0 Å². The first-order valence-electron chi connectivity index (χ1n) is 7.42. The molecule has 0 bridgehead atoms. The van der Waals surface area contributed by atoms with Crippen LogP contribution in [-0.4, -0.2) is 56.4 Å². The molecule has 18 heavy (non-hydrogen) atoms. The van der Waals surface area contributed by atoms with E-state index < -0.39 is 0 Å². The van der Waals surface area contributed by atoms with Gasteiger partial charge in [-0.1, -0.05) is 26.7 Å². The van der Waals surface area contributed by atoms with Crippen LogP contribution in [0.2, 0.25) is 0 Å². The van der Waals surface area contributed by atoms with Gasteiger partial charge in [0.15, 0.2) is 0 Å².